The summed E-state index contributed by atoms with van der Waals surface area (Å²) in [5.41, 5.74) is 1.13. The largest absolute Gasteiger partial charge is 0.360 e. The summed E-state index contributed by atoms with van der Waals surface area (Å²) in [6, 6.07) is 13.5. The van der Waals surface area contributed by atoms with E-state index in [0.717, 1.165) is 0 Å². The highest BCUT2D eigenvalue weighted by atomic mass is 16.5. The van der Waals surface area contributed by atoms with Gasteiger partial charge in [0.05, 0.1) is 11.6 Å². The van der Waals surface area contributed by atoms with E-state index >= 15 is 0 Å². The number of carbonyl (C=O) groups excluding carboxylic acids is 1. The van der Waals surface area contributed by atoms with E-state index in [2.05, 4.69) is 26.0 Å². The van der Waals surface area contributed by atoms with Crippen molar-refractivity contribution in [2.75, 3.05) is 10.6 Å². The number of rotatable bonds is 4. The number of nitrogens with zero attached hydrogens (tertiary/aromatic N) is 4. The predicted molar refractivity (Wildman–Crippen MR) is 85.7 cm³/mol. The second-order valence-corrected chi connectivity index (χ2v) is 4.90. The summed E-state index contributed by atoms with van der Waals surface area (Å²) >= 11 is 0. The molecule has 0 bridgehead atoms. The summed E-state index contributed by atoms with van der Waals surface area (Å²) in [7, 11) is 0. The molecule has 8 heteroatoms. The minimum absolute atomic E-state index is 0.152. The molecule has 0 saturated heterocycles. The van der Waals surface area contributed by atoms with Crippen LogP contribution in [0.2, 0.25) is 0 Å². The van der Waals surface area contributed by atoms with E-state index in [1.54, 1.807) is 43.3 Å². The number of nitrogens with one attached hydrogen (secondary N) is 2. The van der Waals surface area contributed by atoms with Gasteiger partial charge in [0, 0.05) is 11.8 Å². The number of anilines is 3. The van der Waals surface area contributed by atoms with Crippen LogP contribution >= 0.6 is 0 Å². The predicted octanol–water partition coefficient (Wildman–Crippen LogP) is 2.64. The van der Waals surface area contributed by atoms with Crippen molar-refractivity contribution in [3.8, 4) is 6.07 Å². The van der Waals surface area contributed by atoms with Gasteiger partial charge in [-0.2, -0.15) is 5.26 Å². The average molecular weight is 320 g/mol. The molecule has 24 heavy (non-hydrogen) atoms. The van der Waals surface area contributed by atoms with E-state index in [-0.39, 0.29) is 5.69 Å². The van der Waals surface area contributed by atoms with Crippen molar-refractivity contribution in [1.29, 1.82) is 5.26 Å². The van der Waals surface area contributed by atoms with Gasteiger partial charge in [0.15, 0.2) is 17.3 Å². The lowest BCUT2D eigenvalue weighted by Gasteiger charge is -2.05. The Hall–Kier alpha value is -3.73. The Labute approximate surface area is 137 Å². The molecule has 3 aromatic rings. The second-order valence-electron chi connectivity index (χ2n) is 4.90. The van der Waals surface area contributed by atoms with Crippen molar-refractivity contribution in [1.82, 2.24) is 15.4 Å². The number of amides is 1. The van der Waals surface area contributed by atoms with Crippen molar-refractivity contribution >= 4 is 23.2 Å². The summed E-state index contributed by atoms with van der Waals surface area (Å²) in [4.78, 5) is 12.1. The molecule has 1 aromatic carbocycles. The van der Waals surface area contributed by atoms with E-state index in [4.69, 9.17) is 9.78 Å². The zero-order chi connectivity index (χ0) is 16.9. The van der Waals surface area contributed by atoms with Crippen LogP contribution in [0, 0.1) is 18.3 Å². The Balaban J connectivity index is 1.68. The van der Waals surface area contributed by atoms with Gasteiger partial charge in [-0.15, -0.1) is 10.2 Å². The molecule has 8 nitrogen and oxygen atoms in total. The molecule has 0 radical (unpaired) electrons. The number of benzene rings is 1. The lowest BCUT2D eigenvalue weighted by Crippen LogP contribution is -2.14. The summed E-state index contributed by atoms with van der Waals surface area (Å²) in [5.74, 6) is 1.20. The quantitative estimate of drug-likeness (QED) is 0.758. The maximum absolute atomic E-state index is 12.1. The average Bonchev–Trinajstić information content (AvgIpc) is 3.00. The van der Waals surface area contributed by atoms with Gasteiger partial charge < -0.3 is 15.2 Å². The lowest BCUT2D eigenvalue weighted by atomic mass is 10.2. The number of hydrogen-bond donors (Lipinski definition) is 2. The summed E-state index contributed by atoms with van der Waals surface area (Å²) in [6.45, 7) is 1.78. The van der Waals surface area contributed by atoms with Gasteiger partial charge in [-0.05, 0) is 37.3 Å². The number of aryl methyl sites for hydroxylation is 1. The fraction of sp³-hybridized carbons (Fsp3) is 0.0625. The molecule has 0 unspecified atom stereocenters. The number of carbonyl (C=O) groups is 1. The number of hydrogen-bond acceptors (Lipinski definition) is 7. The van der Waals surface area contributed by atoms with Crippen molar-refractivity contribution in [2.24, 2.45) is 0 Å². The Morgan fingerprint density at radius 3 is 2.71 bits per heavy atom. The van der Waals surface area contributed by atoms with Gasteiger partial charge >= 0.3 is 0 Å². The molecule has 0 atom stereocenters. The van der Waals surface area contributed by atoms with Crippen LogP contribution in [0.15, 0.2) is 47.0 Å². The fourth-order valence-electron chi connectivity index (χ4n) is 1.94. The third-order valence-corrected chi connectivity index (χ3v) is 3.03. The Bertz CT molecular complexity index is 911. The van der Waals surface area contributed by atoms with Gasteiger partial charge in [-0.1, -0.05) is 11.2 Å². The van der Waals surface area contributed by atoms with Crippen molar-refractivity contribution < 1.29 is 9.32 Å². The lowest BCUT2D eigenvalue weighted by molar-refractivity contribution is 0.102. The highest BCUT2D eigenvalue weighted by Gasteiger charge is 2.10. The number of nitriles is 1. The van der Waals surface area contributed by atoms with E-state index in [0.29, 0.717) is 28.6 Å². The highest BCUT2D eigenvalue weighted by Crippen LogP contribution is 2.14. The molecular formula is C16H12N6O2. The molecule has 2 heterocycles. The summed E-state index contributed by atoms with van der Waals surface area (Å²) in [6.07, 6.45) is 0. The Morgan fingerprint density at radius 1 is 1.17 bits per heavy atom. The first-order chi connectivity index (χ1) is 11.6. The zero-order valence-corrected chi connectivity index (χ0v) is 12.6. The molecule has 3 rings (SSSR count). The third kappa shape index (κ3) is 3.53. The smallest absolute Gasteiger partial charge is 0.276 e. The minimum atomic E-state index is -0.415. The zero-order valence-electron chi connectivity index (χ0n) is 12.6. The van der Waals surface area contributed by atoms with Gasteiger partial charge in [0.1, 0.15) is 5.76 Å². The SMILES string of the molecule is Cc1cc(Nc2ccc(C(=O)Nc3cccc(C#N)c3)nn2)no1. The molecule has 0 aliphatic carbocycles. The van der Waals surface area contributed by atoms with Crippen molar-refractivity contribution in [2.45, 2.75) is 6.92 Å². The van der Waals surface area contributed by atoms with Crippen LogP contribution in [0.25, 0.3) is 0 Å². The number of aromatic nitrogens is 3. The summed E-state index contributed by atoms with van der Waals surface area (Å²) < 4.78 is 4.94. The third-order valence-electron chi connectivity index (χ3n) is 3.03. The first kappa shape index (κ1) is 15.2. The van der Waals surface area contributed by atoms with Gasteiger partial charge in [-0.25, -0.2) is 0 Å². The Morgan fingerprint density at radius 2 is 2.04 bits per heavy atom. The van der Waals surface area contributed by atoms with Gasteiger partial charge in [0.2, 0.25) is 0 Å². The monoisotopic (exact) mass is 320 g/mol. The maximum Gasteiger partial charge on any atom is 0.276 e. The molecule has 0 saturated carbocycles. The maximum atomic E-state index is 12.1. The molecule has 118 valence electrons. The molecule has 0 aliphatic rings. The molecule has 0 aliphatic heterocycles. The first-order valence-corrected chi connectivity index (χ1v) is 6.99. The highest BCUT2D eigenvalue weighted by molar-refractivity contribution is 6.02. The topological polar surface area (TPSA) is 117 Å². The van der Waals surface area contributed by atoms with Crippen LogP contribution in [-0.4, -0.2) is 21.3 Å². The Kier molecular flexibility index (Phi) is 4.16. The van der Waals surface area contributed by atoms with Gasteiger partial charge in [0.25, 0.3) is 5.91 Å². The van der Waals surface area contributed by atoms with Crippen LogP contribution in [0.4, 0.5) is 17.3 Å². The summed E-state index contributed by atoms with van der Waals surface area (Å²) in [5, 5.41) is 26.0. The molecule has 1 amide bonds. The first-order valence-electron chi connectivity index (χ1n) is 6.99. The van der Waals surface area contributed by atoms with Crippen LogP contribution in [0.5, 0.6) is 0 Å². The van der Waals surface area contributed by atoms with Gasteiger partial charge in [-0.3, -0.25) is 4.79 Å². The van der Waals surface area contributed by atoms with E-state index in [9.17, 15) is 4.79 Å². The van der Waals surface area contributed by atoms with Crippen LogP contribution < -0.4 is 10.6 Å². The molecular weight excluding hydrogens is 308 g/mol. The van der Waals surface area contributed by atoms with E-state index < -0.39 is 5.91 Å². The van der Waals surface area contributed by atoms with E-state index in [1.165, 1.54) is 6.07 Å². The van der Waals surface area contributed by atoms with Crippen molar-refractivity contribution in [3.05, 3.63) is 59.5 Å². The van der Waals surface area contributed by atoms with Crippen LogP contribution in [0.1, 0.15) is 21.8 Å². The van der Waals surface area contributed by atoms with Crippen LogP contribution in [0.3, 0.4) is 0 Å². The minimum Gasteiger partial charge on any atom is -0.360 e. The molecule has 2 N–H and O–H groups in total. The van der Waals surface area contributed by atoms with Crippen LogP contribution in [-0.2, 0) is 0 Å². The molecule has 0 fully saturated rings. The van der Waals surface area contributed by atoms with E-state index in [1.807, 2.05) is 6.07 Å². The second kappa shape index (κ2) is 6.58. The molecule has 2 aromatic heterocycles. The molecule has 0 spiro atoms. The normalized spacial score (nSPS) is 10.0. The fourth-order valence-corrected chi connectivity index (χ4v) is 1.94. The van der Waals surface area contributed by atoms with Crippen molar-refractivity contribution in [3.63, 3.8) is 0 Å². The standard InChI is InChI=1S/C16H12N6O2/c1-10-7-15(22-24-10)19-14-6-5-13(20-21-14)16(23)18-12-4-2-3-11(8-12)9-17/h2-8H,1H3,(H,18,23)(H,19,21,22).